The first kappa shape index (κ1) is 16.3. The molecule has 21 heavy (non-hydrogen) atoms. The van der Waals surface area contributed by atoms with Crippen LogP contribution in [0.4, 0.5) is 0 Å². The van der Waals surface area contributed by atoms with Crippen molar-refractivity contribution < 1.29 is 9.53 Å². The first-order valence-corrected chi connectivity index (χ1v) is 8.23. The standard InChI is InChI=1S/C17H24ClNO2/c1-14-3-2-4-15(13-14)5-6-17(20)19-10-7-16(8-11-19)21-12-9-18/h2-4,13,16H,5-12H2,1H3. The van der Waals surface area contributed by atoms with Gasteiger partial charge in [-0.1, -0.05) is 29.8 Å². The van der Waals surface area contributed by atoms with Gasteiger partial charge < -0.3 is 9.64 Å². The molecule has 1 aromatic carbocycles. The highest BCUT2D eigenvalue weighted by atomic mass is 35.5. The fraction of sp³-hybridized carbons (Fsp3) is 0.588. The van der Waals surface area contributed by atoms with Crippen molar-refractivity contribution >= 4 is 17.5 Å². The van der Waals surface area contributed by atoms with E-state index in [1.54, 1.807) is 0 Å². The third kappa shape index (κ3) is 5.33. The quantitative estimate of drug-likeness (QED) is 0.755. The first-order chi connectivity index (χ1) is 10.2. The second-order valence-electron chi connectivity index (χ2n) is 5.63. The summed E-state index contributed by atoms with van der Waals surface area (Å²) in [6.07, 6.45) is 3.53. The van der Waals surface area contributed by atoms with Gasteiger partial charge in [0.1, 0.15) is 0 Å². The normalized spacial score (nSPS) is 16.2. The summed E-state index contributed by atoms with van der Waals surface area (Å²) < 4.78 is 5.63. The summed E-state index contributed by atoms with van der Waals surface area (Å²) >= 11 is 5.62. The molecule has 0 aliphatic carbocycles. The van der Waals surface area contributed by atoms with E-state index in [-0.39, 0.29) is 12.0 Å². The van der Waals surface area contributed by atoms with Crippen LogP contribution in [0, 0.1) is 6.92 Å². The SMILES string of the molecule is Cc1cccc(CCC(=O)N2CCC(OCCCl)CC2)c1. The monoisotopic (exact) mass is 309 g/mol. The number of hydrogen-bond donors (Lipinski definition) is 0. The molecule has 1 aromatic rings. The van der Waals surface area contributed by atoms with Crippen LogP contribution in [0.2, 0.25) is 0 Å². The molecule has 1 amide bonds. The number of nitrogens with zero attached hydrogens (tertiary/aromatic N) is 1. The van der Waals surface area contributed by atoms with Crippen molar-refractivity contribution in [3.8, 4) is 0 Å². The average molecular weight is 310 g/mol. The zero-order valence-corrected chi connectivity index (χ0v) is 13.4. The second kappa shape index (κ2) is 8.40. The molecule has 1 heterocycles. The number of aryl methyl sites for hydroxylation is 2. The largest absolute Gasteiger partial charge is 0.377 e. The molecule has 0 bridgehead atoms. The number of ether oxygens (including phenoxy) is 1. The number of rotatable bonds is 6. The van der Waals surface area contributed by atoms with Crippen LogP contribution in [0.15, 0.2) is 24.3 Å². The Hall–Kier alpha value is -1.06. The predicted molar refractivity (Wildman–Crippen MR) is 85.8 cm³/mol. The molecule has 116 valence electrons. The molecule has 0 N–H and O–H groups in total. The van der Waals surface area contributed by atoms with Crippen molar-refractivity contribution in [1.82, 2.24) is 4.90 Å². The highest BCUT2D eigenvalue weighted by Crippen LogP contribution is 2.15. The third-order valence-corrected chi connectivity index (χ3v) is 4.09. The van der Waals surface area contributed by atoms with E-state index in [1.807, 2.05) is 4.90 Å². The minimum Gasteiger partial charge on any atom is -0.377 e. The fourth-order valence-corrected chi connectivity index (χ4v) is 2.85. The number of amides is 1. The minimum absolute atomic E-state index is 0.257. The molecule has 1 aliphatic rings. The lowest BCUT2D eigenvalue weighted by atomic mass is 10.0. The Morgan fingerprint density at radius 3 is 2.81 bits per heavy atom. The molecule has 0 unspecified atom stereocenters. The Kier molecular flexibility index (Phi) is 6.52. The van der Waals surface area contributed by atoms with E-state index in [4.69, 9.17) is 16.3 Å². The van der Waals surface area contributed by atoms with Gasteiger partial charge in [-0.05, 0) is 31.7 Å². The van der Waals surface area contributed by atoms with Crippen LogP contribution in [-0.2, 0) is 16.0 Å². The van der Waals surface area contributed by atoms with Gasteiger partial charge in [0.25, 0.3) is 0 Å². The maximum atomic E-state index is 12.2. The zero-order valence-electron chi connectivity index (χ0n) is 12.7. The van der Waals surface area contributed by atoms with E-state index in [0.717, 1.165) is 32.4 Å². The number of likely N-dealkylation sites (tertiary alicyclic amines) is 1. The lowest BCUT2D eigenvalue weighted by Gasteiger charge is -2.32. The van der Waals surface area contributed by atoms with E-state index in [1.165, 1.54) is 11.1 Å². The molecule has 4 heteroatoms. The molecule has 0 radical (unpaired) electrons. The summed E-state index contributed by atoms with van der Waals surface area (Å²) in [5.74, 6) is 0.794. The van der Waals surface area contributed by atoms with E-state index < -0.39 is 0 Å². The average Bonchev–Trinajstić information content (AvgIpc) is 2.51. The Balaban J connectivity index is 1.72. The number of piperidine rings is 1. The molecule has 0 aromatic heterocycles. The molecule has 0 saturated carbocycles. The highest BCUT2D eigenvalue weighted by molar-refractivity contribution is 6.17. The van der Waals surface area contributed by atoms with E-state index in [9.17, 15) is 4.79 Å². The Labute approximate surface area is 132 Å². The van der Waals surface area contributed by atoms with Crippen LogP contribution in [0.5, 0.6) is 0 Å². The summed E-state index contributed by atoms with van der Waals surface area (Å²) in [5.41, 5.74) is 2.49. The van der Waals surface area contributed by atoms with Gasteiger partial charge in [-0.2, -0.15) is 0 Å². The van der Waals surface area contributed by atoms with Crippen LogP contribution in [0.25, 0.3) is 0 Å². The smallest absolute Gasteiger partial charge is 0.222 e. The fourth-order valence-electron chi connectivity index (χ4n) is 2.76. The molecule has 2 rings (SSSR count). The topological polar surface area (TPSA) is 29.5 Å². The summed E-state index contributed by atoms with van der Waals surface area (Å²) in [6, 6.07) is 8.37. The van der Waals surface area contributed by atoms with Gasteiger partial charge in [0, 0.05) is 25.4 Å². The first-order valence-electron chi connectivity index (χ1n) is 7.70. The molecule has 0 atom stereocenters. The van der Waals surface area contributed by atoms with Crippen molar-refractivity contribution in [2.45, 2.75) is 38.7 Å². The van der Waals surface area contributed by atoms with Crippen molar-refractivity contribution in [3.63, 3.8) is 0 Å². The molecular weight excluding hydrogens is 286 g/mol. The molecule has 1 saturated heterocycles. The van der Waals surface area contributed by atoms with Gasteiger partial charge in [-0.15, -0.1) is 11.6 Å². The molecule has 1 aliphatic heterocycles. The van der Waals surface area contributed by atoms with Gasteiger partial charge >= 0.3 is 0 Å². The van der Waals surface area contributed by atoms with Gasteiger partial charge in [0.15, 0.2) is 0 Å². The number of benzene rings is 1. The van der Waals surface area contributed by atoms with Crippen LogP contribution < -0.4 is 0 Å². The summed E-state index contributed by atoms with van der Waals surface area (Å²) in [4.78, 5) is 14.2. The van der Waals surface area contributed by atoms with Gasteiger partial charge in [0.05, 0.1) is 12.7 Å². The zero-order chi connectivity index (χ0) is 15.1. The van der Waals surface area contributed by atoms with Crippen LogP contribution in [0.3, 0.4) is 0 Å². The van der Waals surface area contributed by atoms with Crippen molar-refractivity contribution in [2.24, 2.45) is 0 Å². The Morgan fingerprint density at radius 2 is 2.14 bits per heavy atom. The van der Waals surface area contributed by atoms with Crippen LogP contribution in [-0.4, -0.2) is 42.5 Å². The third-order valence-electron chi connectivity index (χ3n) is 3.94. The lowest BCUT2D eigenvalue weighted by Crippen LogP contribution is -2.41. The number of halogens is 1. The van der Waals surface area contributed by atoms with E-state index in [2.05, 4.69) is 31.2 Å². The van der Waals surface area contributed by atoms with Crippen LogP contribution in [0.1, 0.15) is 30.4 Å². The van der Waals surface area contributed by atoms with Crippen molar-refractivity contribution in [3.05, 3.63) is 35.4 Å². The molecular formula is C17H24ClNO2. The van der Waals surface area contributed by atoms with Gasteiger partial charge in [-0.25, -0.2) is 0 Å². The molecule has 0 spiro atoms. The molecule has 1 fully saturated rings. The van der Waals surface area contributed by atoms with E-state index in [0.29, 0.717) is 18.9 Å². The van der Waals surface area contributed by atoms with E-state index >= 15 is 0 Å². The number of hydrogen-bond acceptors (Lipinski definition) is 2. The Bertz CT molecular complexity index is 456. The number of carbonyl (C=O) groups is 1. The van der Waals surface area contributed by atoms with Crippen molar-refractivity contribution in [2.75, 3.05) is 25.6 Å². The number of carbonyl (C=O) groups excluding carboxylic acids is 1. The summed E-state index contributed by atoms with van der Waals surface area (Å²) in [6.45, 7) is 4.30. The van der Waals surface area contributed by atoms with Crippen molar-refractivity contribution in [1.29, 1.82) is 0 Å². The maximum Gasteiger partial charge on any atom is 0.222 e. The van der Waals surface area contributed by atoms with Crippen LogP contribution >= 0.6 is 11.6 Å². The highest BCUT2D eigenvalue weighted by Gasteiger charge is 2.22. The predicted octanol–water partition coefficient (Wildman–Crippen LogP) is 3.17. The Morgan fingerprint density at radius 1 is 1.38 bits per heavy atom. The minimum atomic E-state index is 0.257. The van der Waals surface area contributed by atoms with Gasteiger partial charge in [0.2, 0.25) is 5.91 Å². The van der Waals surface area contributed by atoms with Gasteiger partial charge in [-0.3, -0.25) is 4.79 Å². The molecule has 3 nitrogen and oxygen atoms in total. The lowest BCUT2D eigenvalue weighted by molar-refractivity contribution is -0.133. The second-order valence-corrected chi connectivity index (χ2v) is 6.01. The summed E-state index contributed by atoms with van der Waals surface area (Å²) in [5, 5.41) is 0. The summed E-state index contributed by atoms with van der Waals surface area (Å²) in [7, 11) is 0. The number of alkyl halides is 1. The maximum absolute atomic E-state index is 12.2.